The Balaban J connectivity index is 1.20. The number of carbonyl (C=O) groups excluding carboxylic acids is 2. The van der Waals surface area contributed by atoms with Crippen molar-refractivity contribution in [3.05, 3.63) is 78.2 Å². The third-order valence-electron chi connectivity index (χ3n) is 11.4. The van der Waals surface area contributed by atoms with Crippen LogP contribution < -0.4 is 10.2 Å². The molecule has 3 aliphatic rings. The lowest BCUT2D eigenvalue weighted by Gasteiger charge is -2.41. The van der Waals surface area contributed by atoms with Gasteiger partial charge in [0, 0.05) is 55.8 Å². The highest BCUT2D eigenvalue weighted by molar-refractivity contribution is 5.97. The van der Waals surface area contributed by atoms with Crippen LogP contribution in [-0.4, -0.2) is 80.4 Å². The molecule has 0 unspecified atom stereocenters. The molecule has 52 heavy (non-hydrogen) atoms. The Bertz CT molecular complexity index is 1560. The fourth-order valence-electron chi connectivity index (χ4n) is 7.95. The van der Waals surface area contributed by atoms with E-state index >= 15 is 0 Å². The van der Waals surface area contributed by atoms with E-state index in [0.29, 0.717) is 11.4 Å². The second-order valence-corrected chi connectivity index (χ2v) is 16.3. The summed E-state index contributed by atoms with van der Waals surface area (Å²) in [4.78, 5) is 44.7. The topological polar surface area (TPSA) is 132 Å². The summed E-state index contributed by atoms with van der Waals surface area (Å²) in [6, 6.07) is 2.66. The predicted molar refractivity (Wildman–Crippen MR) is 206 cm³/mol. The third-order valence-corrected chi connectivity index (χ3v) is 11.4. The maximum absolute atomic E-state index is 13.6. The van der Waals surface area contributed by atoms with Crippen LogP contribution in [0.25, 0.3) is 5.57 Å². The van der Waals surface area contributed by atoms with Gasteiger partial charge in [0.2, 0.25) is 5.91 Å². The zero-order valence-corrected chi connectivity index (χ0v) is 31.9. The fourth-order valence-corrected chi connectivity index (χ4v) is 7.95. The minimum absolute atomic E-state index is 0.162. The number of nitrogens with zero attached hydrogens (tertiary/aromatic N) is 5. The number of piperidine rings is 1. The van der Waals surface area contributed by atoms with Crippen molar-refractivity contribution in [2.45, 2.75) is 110 Å². The Labute approximate surface area is 310 Å². The summed E-state index contributed by atoms with van der Waals surface area (Å²) < 4.78 is 0. The number of hydrogen-bond donors (Lipinski definition) is 3. The Morgan fingerprint density at radius 3 is 2.17 bits per heavy atom. The van der Waals surface area contributed by atoms with Gasteiger partial charge in [-0.2, -0.15) is 0 Å². The number of anilines is 1. The number of aliphatic hydroxyl groups is 2. The Morgan fingerprint density at radius 2 is 1.62 bits per heavy atom. The molecule has 2 aromatic rings. The molecule has 282 valence electrons. The lowest BCUT2D eigenvalue weighted by atomic mass is 9.72. The van der Waals surface area contributed by atoms with Gasteiger partial charge >= 0.3 is 0 Å². The number of amides is 2. The number of aliphatic hydroxyl groups excluding tert-OH is 1. The molecule has 10 heteroatoms. The summed E-state index contributed by atoms with van der Waals surface area (Å²) in [6.45, 7) is 16.9. The molecular weight excluding hydrogens is 653 g/mol. The average Bonchev–Trinajstić information content (AvgIpc) is 3.12. The number of pyridine rings is 1. The van der Waals surface area contributed by atoms with Crippen molar-refractivity contribution in [2.24, 2.45) is 23.7 Å². The normalized spacial score (nSPS) is 21.5. The van der Waals surface area contributed by atoms with Crippen molar-refractivity contribution < 1.29 is 19.8 Å². The van der Waals surface area contributed by atoms with Crippen molar-refractivity contribution in [3.8, 4) is 0 Å². The smallest absolute Gasteiger partial charge is 0.253 e. The zero-order valence-electron chi connectivity index (χ0n) is 31.9. The van der Waals surface area contributed by atoms with Crippen LogP contribution in [-0.2, 0) is 10.2 Å². The first-order chi connectivity index (χ1) is 24.9. The summed E-state index contributed by atoms with van der Waals surface area (Å²) in [5.74, 6) is 2.21. The van der Waals surface area contributed by atoms with E-state index in [9.17, 15) is 19.8 Å². The van der Waals surface area contributed by atoms with E-state index in [0.717, 1.165) is 53.4 Å². The van der Waals surface area contributed by atoms with Crippen molar-refractivity contribution in [3.63, 3.8) is 0 Å². The molecule has 2 saturated heterocycles. The van der Waals surface area contributed by atoms with Crippen molar-refractivity contribution in [1.29, 1.82) is 0 Å². The number of allylic oxidation sites excluding steroid dienone is 4. The molecule has 1 atom stereocenters. The van der Waals surface area contributed by atoms with Gasteiger partial charge in [-0.1, -0.05) is 78.2 Å². The minimum atomic E-state index is -1.49. The molecule has 2 amide bonds. The van der Waals surface area contributed by atoms with Crippen LogP contribution in [0.1, 0.15) is 114 Å². The molecular formula is C42H60N6O4. The molecule has 0 spiro atoms. The van der Waals surface area contributed by atoms with Gasteiger partial charge in [0.1, 0.15) is 6.04 Å². The molecule has 3 N–H and O–H groups in total. The zero-order chi connectivity index (χ0) is 37.4. The van der Waals surface area contributed by atoms with E-state index in [-0.39, 0.29) is 30.8 Å². The molecule has 0 radical (unpaired) electrons. The number of hydrogen-bond acceptors (Lipinski definition) is 8. The lowest BCUT2D eigenvalue weighted by molar-refractivity contribution is -0.157. The number of aromatic nitrogens is 3. The van der Waals surface area contributed by atoms with Crippen LogP contribution in [0.3, 0.4) is 0 Å². The summed E-state index contributed by atoms with van der Waals surface area (Å²) in [7, 11) is 0. The third kappa shape index (κ3) is 10.2. The van der Waals surface area contributed by atoms with Gasteiger partial charge in [-0.05, 0) is 73.6 Å². The summed E-state index contributed by atoms with van der Waals surface area (Å²) in [5, 5.41) is 22.0. The fraction of sp³-hybridized carbons (Fsp3) is 0.595. The molecule has 10 nitrogen and oxygen atoms in total. The second kappa shape index (κ2) is 17.8. The highest BCUT2D eigenvalue weighted by atomic mass is 16.5. The first-order valence-corrected chi connectivity index (χ1v) is 19.4. The largest absolute Gasteiger partial charge is 0.369 e. The Hall–Kier alpha value is -3.89. The van der Waals surface area contributed by atoms with E-state index < -0.39 is 24.2 Å². The van der Waals surface area contributed by atoms with Crippen LogP contribution in [0.15, 0.2) is 61.1 Å². The molecule has 3 fully saturated rings. The molecule has 1 saturated carbocycles. The summed E-state index contributed by atoms with van der Waals surface area (Å²) in [5.41, 5.74) is 3.72. The van der Waals surface area contributed by atoms with Crippen LogP contribution in [0.2, 0.25) is 0 Å². The van der Waals surface area contributed by atoms with E-state index in [1.54, 1.807) is 12.1 Å². The molecule has 0 aromatic carbocycles. The number of nitrogens with one attached hydrogen (secondary N) is 1. The van der Waals surface area contributed by atoms with Gasteiger partial charge in [-0.25, -0.2) is 9.97 Å². The maximum Gasteiger partial charge on any atom is 0.253 e. The molecule has 2 aromatic heterocycles. The van der Waals surface area contributed by atoms with E-state index in [1.807, 2.05) is 37.5 Å². The second-order valence-electron chi connectivity index (χ2n) is 16.3. The molecule has 4 heterocycles. The summed E-state index contributed by atoms with van der Waals surface area (Å²) in [6.07, 6.45) is 20.4. The van der Waals surface area contributed by atoms with Crippen LogP contribution in [0.4, 0.5) is 5.69 Å². The van der Waals surface area contributed by atoms with Gasteiger partial charge in [-0.15, -0.1) is 0 Å². The highest BCUT2D eigenvalue weighted by Crippen LogP contribution is 2.39. The molecule has 1 aliphatic carbocycles. The van der Waals surface area contributed by atoms with E-state index in [1.165, 1.54) is 62.5 Å². The van der Waals surface area contributed by atoms with Gasteiger partial charge in [-0.3, -0.25) is 14.6 Å². The Kier molecular flexibility index (Phi) is 13.4. The van der Waals surface area contributed by atoms with Crippen molar-refractivity contribution in [1.82, 2.24) is 25.2 Å². The van der Waals surface area contributed by atoms with Gasteiger partial charge in [0.25, 0.3) is 5.91 Å². The van der Waals surface area contributed by atoms with Crippen LogP contribution in [0, 0.1) is 23.7 Å². The van der Waals surface area contributed by atoms with Gasteiger partial charge in [0.15, 0.2) is 12.1 Å². The predicted octanol–water partition coefficient (Wildman–Crippen LogP) is 6.47. The molecule has 0 bridgehead atoms. The Morgan fingerprint density at radius 1 is 0.962 bits per heavy atom. The van der Waals surface area contributed by atoms with Crippen molar-refractivity contribution >= 4 is 23.1 Å². The first-order valence-electron chi connectivity index (χ1n) is 19.4. The minimum Gasteiger partial charge on any atom is -0.369 e. The summed E-state index contributed by atoms with van der Waals surface area (Å²) >= 11 is 0. The monoisotopic (exact) mass is 712 g/mol. The number of carbonyl (C=O) groups is 2. The lowest BCUT2D eigenvalue weighted by Crippen LogP contribution is -2.59. The number of likely N-dealkylation sites (tertiary alicyclic amines) is 1. The van der Waals surface area contributed by atoms with E-state index in [4.69, 9.17) is 9.97 Å². The number of rotatable bonds is 13. The van der Waals surface area contributed by atoms with Crippen LogP contribution >= 0.6 is 0 Å². The molecule has 5 rings (SSSR count). The maximum atomic E-state index is 13.6. The van der Waals surface area contributed by atoms with Gasteiger partial charge < -0.3 is 25.3 Å². The quantitative estimate of drug-likeness (QED) is 0.159. The van der Waals surface area contributed by atoms with Crippen molar-refractivity contribution in [2.75, 3.05) is 31.1 Å². The average molecular weight is 713 g/mol. The van der Waals surface area contributed by atoms with E-state index in [2.05, 4.69) is 49.5 Å². The highest BCUT2D eigenvalue weighted by Gasteiger charge is 2.38. The SMILES string of the molecule is C=C/C(=C\C=C(/C)c1ncc(N2CCC(C3CCC(CCC)CC3)CC2)cn1)C[C@H](NC(=O)c1ccc(C(C)(C)C)nc1)C(=O)N1CC(C(O)O)C1. The van der Waals surface area contributed by atoms with Crippen LogP contribution in [0.5, 0.6) is 0 Å². The van der Waals surface area contributed by atoms with Gasteiger partial charge in [0.05, 0.1) is 23.6 Å². The standard InChI is InChI=1S/C42H60N6O4/c1-7-9-30-12-14-31(15-13-30)32-18-20-47(21-19-32)35-24-44-38(45-25-35)28(3)10-11-29(8-2)22-36(40(50)48-26-34(27-48)41(51)52)46-39(49)33-16-17-37(43-23-33)42(4,5)6/h8,10-11,16-17,23-25,30-32,34,36,41,51-52H,2,7,9,12-15,18-22,26-27H2,1,3-6H3,(H,46,49)/b28-10+,29-11+/t30?,31?,36-/m0/s1. The molecule has 2 aliphatic heterocycles. The first kappa shape index (κ1) is 39.3.